The number of carbonyl (C=O) groups excluding carboxylic acids is 2. The predicted molar refractivity (Wildman–Crippen MR) is 117 cm³/mol. The van der Waals surface area contributed by atoms with Crippen LogP contribution >= 0.6 is 0 Å². The maximum absolute atomic E-state index is 14.0. The predicted octanol–water partition coefficient (Wildman–Crippen LogP) is 3.61. The zero-order valence-corrected chi connectivity index (χ0v) is 18.3. The van der Waals surface area contributed by atoms with Crippen molar-refractivity contribution in [3.8, 4) is 0 Å². The van der Waals surface area contributed by atoms with E-state index in [1.54, 1.807) is 0 Å². The molecule has 5 aliphatic rings. The molecule has 2 aliphatic carbocycles. The van der Waals surface area contributed by atoms with Crippen LogP contribution in [0.3, 0.4) is 0 Å². The van der Waals surface area contributed by atoms with E-state index in [0.717, 1.165) is 44.1 Å². The standard InChI is InChI=1S/C26H32N2O3/c1-16-10-12-17(13-11-16)21-20-14-15-26(31-20)22(21)25(30)28(19-8-4-5-9-19)23(26)24(29)27-18-6-2-3-7-18/h10-15,18-23H,2-9H2,1H3,(H,27,29)/t20-,21-,22-,23-,26-/m1/s1. The van der Waals surface area contributed by atoms with Crippen LogP contribution in [-0.2, 0) is 14.3 Å². The van der Waals surface area contributed by atoms with E-state index in [2.05, 4.69) is 48.7 Å². The molecule has 2 amide bonds. The number of nitrogens with zero attached hydrogens (tertiary/aromatic N) is 1. The molecule has 6 rings (SSSR count). The van der Waals surface area contributed by atoms with E-state index in [9.17, 15) is 9.59 Å². The first-order chi connectivity index (χ1) is 15.1. The van der Waals surface area contributed by atoms with Crippen LogP contribution in [0.5, 0.6) is 0 Å². The summed E-state index contributed by atoms with van der Waals surface area (Å²) in [5.41, 5.74) is 1.52. The Balaban J connectivity index is 1.39. The zero-order chi connectivity index (χ0) is 21.2. The molecule has 0 unspecified atom stereocenters. The van der Waals surface area contributed by atoms with Gasteiger partial charge in [-0.05, 0) is 38.2 Å². The summed E-state index contributed by atoms with van der Waals surface area (Å²) < 4.78 is 6.61. The highest BCUT2D eigenvalue weighted by Crippen LogP contribution is 2.59. The average Bonchev–Trinajstić information content (AvgIpc) is 3.57. The summed E-state index contributed by atoms with van der Waals surface area (Å²) in [6.45, 7) is 2.08. The Morgan fingerprint density at radius 3 is 2.45 bits per heavy atom. The maximum Gasteiger partial charge on any atom is 0.246 e. The summed E-state index contributed by atoms with van der Waals surface area (Å²) >= 11 is 0. The molecule has 5 nitrogen and oxygen atoms in total. The van der Waals surface area contributed by atoms with Gasteiger partial charge in [-0.2, -0.15) is 0 Å². The molecule has 0 radical (unpaired) electrons. The Kier molecular flexibility index (Phi) is 4.53. The van der Waals surface area contributed by atoms with Gasteiger partial charge in [0, 0.05) is 18.0 Å². The van der Waals surface area contributed by atoms with Crippen LogP contribution in [0.15, 0.2) is 36.4 Å². The molecule has 5 atom stereocenters. The van der Waals surface area contributed by atoms with Crippen molar-refractivity contribution in [2.24, 2.45) is 5.92 Å². The first-order valence-corrected chi connectivity index (χ1v) is 12.1. The van der Waals surface area contributed by atoms with Crippen LogP contribution in [0.2, 0.25) is 0 Å². The SMILES string of the molecule is Cc1ccc([C@@H]2[C@H]3C=C[C@@]4(O3)[C@H]2C(=O)N(C2CCCC2)[C@@H]4C(=O)NC2CCCC2)cc1. The van der Waals surface area contributed by atoms with Gasteiger partial charge in [0.15, 0.2) is 0 Å². The molecule has 2 bridgehead atoms. The monoisotopic (exact) mass is 420 g/mol. The van der Waals surface area contributed by atoms with Gasteiger partial charge in [0.05, 0.1) is 12.0 Å². The van der Waals surface area contributed by atoms with Gasteiger partial charge in [0.2, 0.25) is 11.8 Å². The van der Waals surface area contributed by atoms with Gasteiger partial charge >= 0.3 is 0 Å². The normalized spacial score (nSPS) is 37.2. The lowest BCUT2D eigenvalue weighted by Gasteiger charge is -2.36. The molecular weight excluding hydrogens is 388 g/mol. The summed E-state index contributed by atoms with van der Waals surface area (Å²) in [6.07, 6.45) is 12.7. The Bertz CT molecular complexity index is 913. The second kappa shape index (κ2) is 7.19. The number of rotatable bonds is 4. The molecule has 164 valence electrons. The van der Waals surface area contributed by atoms with Crippen molar-refractivity contribution in [2.45, 2.75) is 94.0 Å². The Labute approximate surface area is 184 Å². The number of fused-ring (bicyclic) bond motifs is 1. The molecule has 1 aromatic rings. The van der Waals surface area contributed by atoms with E-state index >= 15 is 0 Å². The van der Waals surface area contributed by atoms with Crippen LogP contribution in [0, 0.1) is 12.8 Å². The average molecular weight is 421 g/mol. The van der Waals surface area contributed by atoms with Gasteiger partial charge in [0.25, 0.3) is 0 Å². The summed E-state index contributed by atoms with van der Waals surface area (Å²) in [7, 11) is 0. The van der Waals surface area contributed by atoms with Crippen molar-refractivity contribution < 1.29 is 14.3 Å². The largest absolute Gasteiger partial charge is 0.359 e. The topological polar surface area (TPSA) is 58.6 Å². The number of hydrogen-bond donors (Lipinski definition) is 1. The number of aryl methyl sites for hydroxylation is 1. The van der Waals surface area contributed by atoms with Crippen molar-refractivity contribution in [3.05, 3.63) is 47.5 Å². The van der Waals surface area contributed by atoms with Crippen LogP contribution in [-0.4, -0.2) is 46.5 Å². The van der Waals surface area contributed by atoms with Crippen LogP contribution < -0.4 is 5.32 Å². The van der Waals surface area contributed by atoms with Gasteiger partial charge in [-0.15, -0.1) is 0 Å². The van der Waals surface area contributed by atoms with E-state index in [1.165, 1.54) is 18.4 Å². The van der Waals surface area contributed by atoms with Gasteiger partial charge in [-0.3, -0.25) is 9.59 Å². The molecule has 5 heteroatoms. The molecule has 3 heterocycles. The maximum atomic E-state index is 14.0. The second-order valence-corrected chi connectivity index (χ2v) is 10.3. The summed E-state index contributed by atoms with van der Waals surface area (Å²) in [6, 6.07) is 8.31. The van der Waals surface area contributed by atoms with Crippen LogP contribution in [0.1, 0.15) is 68.4 Å². The highest BCUT2D eigenvalue weighted by Gasteiger charge is 2.72. The van der Waals surface area contributed by atoms with Crippen molar-refractivity contribution in [3.63, 3.8) is 0 Å². The number of hydrogen-bond acceptors (Lipinski definition) is 3. The van der Waals surface area contributed by atoms with E-state index in [0.29, 0.717) is 0 Å². The highest BCUT2D eigenvalue weighted by molar-refractivity contribution is 5.97. The Morgan fingerprint density at radius 2 is 1.74 bits per heavy atom. The summed E-state index contributed by atoms with van der Waals surface area (Å²) in [5, 5.41) is 3.30. The molecule has 1 N–H and O–H groups in total. The molecule has 1 spiro atoms. The smallest absolute Gasteiger partial charge is 0.246 e. The third kappa shape index (κ3) is 2.85. The van der Waals surface area contributed by atoms with Crippen molar-refractivity contribution in [1.29, 1.82) is 0 Å². The van der Waals surface area contributed by atoms with Crippen molar-refractivity contribution in [1.82, 2.24) is 10.2 Å². The molecule has 4 fully saturated rings. The lowest BCUT2D eigenvalue weighted by Crippen LogP contribution is -2.57. The van der Waals surface area contributed by atoms with E-state index in [-0.39, 0.29) is 41.8 Å². The fourth-order valence-electron chi connectivity index (χ4n) is 7.00. The lowest BCUT2D eigenvalue weighted by molar-refractivity contribution is -0.142. The van der Waals surface area contributed by atoms with Crippen molar-refractivity contribution >= 4 is 11.8 Å². The minimum absolute atomic E-state index is 0.00972. The fraction of sp³-hybridized carbons (Fsp3) is 0.615. The lowest BCUT2D eigenvalue weighted by atomic mass is 9.72. The van der Waals surface area contributed by atoms with E-state index in [4.69, 9.17) is 4.74 Å². The first-order valence-electron chi connectivity index (χ1n) is 12.1. The molecule has 31 heavy (non-hydrogen) atoms. The van der Waals surface area contributed by atoms with Gasteiger partial charge < -0.3 is 15.0 Å². The summed E-state index contributed by atoms with van der Waals surface area (Å²) in [4.78, 5) is 29.7. The fourth-order valence-corrected chi connectivity index (χ4v) is 7.00. The number of benzene rings is 1. The molecule has 1 aromatic carbocycles. The van der Waals surface area contributed by atoms with Gasteiger partial charge in [-0.1, -0.05) is 67.7 Å². The molecule has 0 aromatic heterocycles. The van der Waals surface area contributed by atoms with Gasteiger partial charge in [-0.25, -0.2) is 0 Å². The van der Waals surface area contributed by atoms with E-state index < -0.39 is 11.6 Å². The molecule has 2 saturated heterocycles. The molecule has 3 aliphatic heterocycles. The second-order valence-electron chi connectivity index (χ2n) is 10.3. The van der Waals surface area contributed by atoms with E-state index in [1.807, 2.05) is 4.90 Å². The quantitative estimate of drug-likeness (QED) is 0.757. The number of likely N-dealkylation sites (tertiary alicyclic amines) is 1. The number of amides is 2. The van der Waals surface area contributed by atoms with Crippen LogP contribution in [0.4, 0.5) is 0 Å². The number of carbonyl (C=O) groups is 2. The highest BCUT2D eigenvalue weighted by atomic mass is 16.5. The van der Waals surface area contributed by atoms with Gasteiger partial charge in [0.1, 0.15) is 11.6 Å². The summed E-state index contributed by atoms with van der Waals surface area (Å²) in [5.74, 6) is -0.225. The Hall–Kier alpha value is -2.14. The Morgan fingerprint density at radius 1 is 1.06 bits per heavy atom. The first kappa shape index (κ1) is 19.5. The third-order valence-corrected chi connectivity index (χ3v) is 8.44. The molecule has 2 saturated carbocycles. The van der Waals surface area contributed by atoms with Crippen LogP contribution in [0.25, 0.3) is 0 Å². The zero-order valence-electron chi connectivity index (χ0n) is 18.3. The number of nitrogens with one attached hydrogen (secondary N) is 1. The van der Waals surface area contributed by atoms with Crippen molar-refractivity contribution in [2.75, 3.05) is 0 Å². The minimum Gasteiger partial charge on any atom is -0.359 e. The number of ether oxygens (including phenoxy) is 1. The minimum atomic E-state index is -0.831. The molecular formula is C26H32N2O3. The third-order valence-electron chi connectivity index (χ3n) is 8.44.